The number of aliphatic hydroxyl groups is 1. The summed E-state index contributed by atoms with van der Waals surface area (Å²) in [5.41, 5.74) is 4.83. The number of nitrogen functional groups attached to an aromatic ring is 1. The number of aromatic nitrogens is 2. The van der Waals surface area contributed by atoms with Crippen LogP contribution in [-0.2, 0) is 14.3 Å². The molecule has 0 spiro atoms. The van der Waals surface area contributed by atoms with Crippen molar-refractivity contribution in [3.05, 3.63) is 22.7 Å². The number of carbonyl (C=O) groups excluding carboxylic acids is 1. The zero-order valence-electron chi connectivity index (χ0n) is 10.6. The second-order valence-electron chi connectivity index (χ2n) is 4.34. The molecule has 0 amide bonds. The van der Waals surface area contributed by atoms with Gasteiger partial charge in [0.15, 0.2) is 6.23 Å². The number of hydrogen-bond donors (Lipinski definition) is 2. The number of carbonyl (C=O) groups is 1. The maximum atomic E-state index is 11.8. The molecule has 2 heterocycles. The molecule has 0 saturated carbocycles. The van der Waals surface area contributed by atoms with Crippen LogP contribution in [0.4, 0.5) is 5.82 Å². The van der Waals surface area contributed by atoms with E-state index < -0.39 is 34.9 Å². The lowest BCUT2D eigenvalue weighted by Gasteiger charge is -2.16. The second kappa shape index (κ2) is 5.90. The van der Waals surface area contributed by atoms with Crippen molar-refractivity contribution in [2.75, 3.05) is 12.3 Å². The Labute approximate surface area is 122 Å². The predicted molar refractivity (Wildman–Crippen MR) is 72.2 cm³/mol. The zero-order valence-corrected chi connectivity index (χ0v) is 12.2. The van der Waals surface area contributed by atoms with Crippen LogP contribution in [0.3, 0.4) is 0 Å². The fourth-order valence-electron chi connectivity index (χ4n) is 1.88. The first-order valence-electron chi connectivity index (χ1n) is 5.86. The third-order valence-corrected chi connectivity index (χ3v) is 3.86. The Kier molecular flexibility index (Phi) is 4.41. The summed E-state index contributed by atoms with van der Waals surface area (Å²) in [6.07, 6.45) is -0.975. The lowest BCUT2D eigenvalue weighted by molar-refractivity contribution is -0.147. The first-order chi connectivity index (χ1) is 9.40. The molecule has 1 saturated heterocycles. The molecule has 1 aliphatic rings. The number of ether oxygens (including phenoxy) is 2. The molecule has 1 aromatic heterocycles. The minimum Gasteiger partial charge on any atom is -0.463 e. The summed E-state index contributed by atoms with van der Waals surface area (Å²) in [5, 5.41) is 10.0. The van der Waals surface area contributed by atoms with E-state index in [0.29, 0.717) is 0 Å². The van der Waals surface area contributed by atoms with Crippen molar-refractivity contribution in [1.82, 2.24) is 9.55 Å². The standard InChI is InChI=1S/C11H14BrN3O5/c1-5(16)19-4-6-9(17)8(12)10(20-6)15-3-2-7(13)14-11(15)18/h2-3,6,8-10,17H,4H2,1H3,(H2,13,14,18)/t6-,8-,9-,10-/m1/s1. The highest BCUT2D eigenvalue weighted by atomic mass is 79.9. The summed E-state index contributed by atoms with van der Waals surface area (Å²) < 4.78 is 11.6. The number of alkyl halides is 1. The van der Waals surface area contributed by atoms with Crippen LogP contribution in [0, 0.1) is 0 Å². The zero-order chi connectivity index (χ0) is 14.9. The molecule has 0 bridgehead atoms. The van der Waals surface area contributed by atoms with E-state index in [4.69, 9.17) is 15.2 Å². The number of halogens is 1. The van der Waals surface area contributed by atoms with E-state index in [1.165, 1.54) is 23.8 Å². The number of aliphatic hydroxyl groups excluding tert-OH is 1. The number of anilines is 1. The van der Waals surface area contributed by atoms with Crippen molar-refractivity contribution < 1.29 is 19.4 Å². The van der Waals surface area contributed by atoms with Crippen LogP contribution in [-0.4, -0.2) is 44.3 Å². The Morgan fingerprint density at radius 3 is 3.00 bits per heavy atom. The van der Waals surface area contributed by atoms with Gasteiger partial charge in [0.2, 0.25) is 0 Å². The highest BCUT2D eigenvalue weighted by Crippen LogP contribution is 2.33. The molecule has 4 atom stereocenters. The molecule has 1 aliphatic heterocycles. The molecule has 1 fully saturated rings. The molecule has 9 heteroatoms. The molecule has 0 unspecified atom stereocenters. The van der Waals surface area contributed by atoms with Crippen LogP contribution in [0.5, 0.6) is 0 Å². The predicted octanol–water partition coefficient (Wildman–Crippen LogP) is -0.590. The minimum absolute atomic E-state index is 0.0910. The van der Waals surface area contributed by atoms with Crippen LogP contribution in [0.25, 0.3) is 0 Å². The molecule has 0 radical (unpaired) electrons. The van der Waals surface area contributed by atoms with Crippen molar-refractivity contribution in [1.29, 1.82) is 0 Å². The van der Waals surface area contributed by atoms with Gasteiger partial charge in [0.25, 0.3) is 0 Å². The molecule has 110 valence electrons. The average Bonchev–Trinajstić information content (AvgIpc) is 2.64. The summed E-state index contributed by atoms with van der Waals surface area (Å²) in [4.78, 5) is 25.6. The highest BCUT2D eigenvalue weighted by molar-refractivity contribution is 9.09. The van der Waals surface area contributed by atoms with E-state index in [0.717, 1.165) is 0 Å². The van der Waals surface area contributed by atoms with Gasteiger partial charge < -0.3 is 20.3 Å². The third kappa shape index (κ3) is 3.00. The van der Waals surface area contributed by atoms with Crippen molar-refractivity contribution in [3.8, 4) is 0 Å². The summed E-state index contributed by atoms with van der Waals surface area (Å²) in [6.45, 7) is 1.17. The summed E-state index contributed by atoms with van der Waals surface area (Å²) >= 11 is 3.27. The topological polar surface area (TPSA) is 117 Å². The third-order valence-electron chi connectivity index (χ3n) is 2.87. The fourth-order valence-corrected chi connectivity index (χ4v) is 2.60. The normalized spacial score (nSPS) is 29.4. The number of nitrogens with zero attached hydrogens (tertiary/aromatic N) is 2. The molecule has 8 nitrogen and oxygen atoms in total. The van der Waals surface area contributed by atoms with E-state index in [2.05, 4.69) is 20.9 Å². The van der Waals surface area contributed by atoms with Gasteiger partial charge >= 0.3 is 11.7 Å². The van der Waals surface area contributed by atoms with Crippen LogP contribution < -0.4 is 11.4 Å². The number of rotatable bonds is 3. The summed E-state index contributed by atoms with van der Waals surface area (Å²) in [7, 11) is 0. The van der Waals surface area contributed by atoms with Crippen molar-refractivity contribution in [2.45, 2.75) is 30.2 Å². The Balaban J connectivity index is 2.17. The van der Waals surface area contributed by atoms with E-state index in [9.17, 15) is 14.7 Å². The van der Waals surface area contributed by atoms with Gasteiger partial charge in [0, 0.05) is 13.1 Å². The molecule has 3 N–H and O–H groups in total. The Bertz CT molecular complexity index is 563. The smallest absolute Gasteiger partial charge is 0.351 e. The number of nitrogens with two attached hydrogens (primary N) is 1. The average molecular weight is 348 g/mol. The first kappa shape index (κ1) is 14.9. The van der Waals surface area contributed by atoms with E-state index in [-0.39, 0.29) is 12.4 Å². The second-order valence-corrected chi connectivity index (χ2v) is 5.40. The fraction of sp³-hybridized carbons (Fsp3) is 0.545. The van der Waals surface area contributed by atoms with Crippen molar-refractivity contribution in [2.24, 2.45) is 0 Å². The van der Waals surface area contributed by atoms with Gasteiger partial charge in [0.1, 0.15) is 24.6 Å². The summed E-state index contributed by atoms with van der Waals surface area (Å²) in [5.74, 6) is -0.367. The maximum Gasteiger partial charge on any atom is 0.351 e. The SMILES string of the molecule is CC(=O)OC[C@H]1O[C@@H](n2ccc(N)nc2=O)[C@H](Br)[C@@H]1O. The number of hydrogen-bond acceptors (Lipinski definition) is 7. The molecular formula is C11H14BrN3O5. The van der Waals surface area contributed by atoms with Gasteiger partial charge in [-0.25, -0.2) is 4.79 Å². The van der Waals surface area contributed by atoms with E-state index >= 15 is 0 Å². The van der Waals surface area contributed by atoms with Crippen LogP contribution in [0.2, 0.25) is 0 Å². The molecule has 0 aliphatic carbocycles. The molecular weight excluding hydrogens is 334 g/mol. The van der Waals surface area contributed by atoms with Crippen molar-refractivity contribution in [3.63, 3.8) is 0 Å². The van der Waals surface area contributed by atoms with Crippen LogP contribution >= 0.6 is 15.9 Å². The highest BCUT2D eigenvalue weighted by Gasteiger charge is 2.44. The molecule has 2 rings (SSSR count). The van der Waals surface area contributed by atoms with Crippen molar-refractivity contribution >= 4 is 27.7 Å². The van der Waals surface area contributed by atoms with Crippen LogP contribution in [0.15, 0.2) is 17.1 Å². The minimum atomic E-state index is -0.927. The summed E-state index contributed by atoms with van der Waals surface area (Å²) in [6, 6.07) is 1.45. The Morgan fingerprint density at radius 2 is 2.40 bits per heavy atom. The van der Waals surface area contributed by atoms with Gasteiger partial charge in [-0.2, -0.15) is 4.98 Å². The quantitative estimate of drug-likeness (QED) is 0.554. The van der Waals surface area contributed by atoms with Gasteiger partial charge in [-0.05, 0) is 6.07 Å². The Hall–Kier alpha value is -1.45. The number of esters is 1. The monoisotopic (exact) mass is 347 g/mol. The van der Waals surface area contributed by atoms with Gasteiger partial charge in [-0.15, -0.1) is 0 Å². The molecule has 0 aromatic carbocycles. The van der Waals surface area contributed by atoms with Gasteiger partial charge in [-0.1, -0.05) is 15.9 Å². The van der Waals surface area contributed by atoms with Crippen LogP contribution in [0.1, 0.15) is 13.2 Å². The van der Waals surface area contributed by atoms with E-state index in [1.54, 1.807) is 0 Å². The van der Waals surface area contributed by atoms with E-state index in [1.807, 2.05) is 0 Å². The molecule has 1 aromatic rings. The van der Waals surface area contributed by atoms with Gasteiger partial charge in [-0.3, -0.25) is 9.36 Å². The first-order valence-corrected chi connectivity index (χ1v) is 6.77. The Morgan fingerprint density at radius 1 is 1.70 bits per heavy atom. The van der Waals surface area contributed by atoms with Gasteiger partial charge in [0.05, 0.1) is 4.83 Å². The lowest BCUT2D eigenvalue weighted by atomic mass is 10.2. The molecule has 20 heavy (non-hydrogen) atoms. The maximum absolute atomic E-state index is 11.8. The lowest BCUT2D eigenvalue weighted by Crippen LogP contribution is -2.33. The largest absolute Gasteiger partial charge is 0.463 e.